The van der Waals surface area contributed by atoms with Crippen molar-refractivity contribution in [3.63, 3.8) is 0 Å². The summed E-state index contributed by atoms with van der Waals surface area (Å²) in [6.07, 6.45) is -1.18. The van der Waals surface area contributed by atoms with E-state index in [1.165, 1.54) is 19.1 Å². The zero-order valence-electron chi connectivity index (χ0n) is 12.3. The second-order valence-corrected chi connectivity index (χ2v) is 6.02. The van der Waals surface area contributed by atoms with E-state index >= 15 is 0 Å². The van der Waals surface area contributed by atoms with Crippen LogP contribution in [0.15, 0.2) is 12.1 Å². The largest absolute Gasteiger partial charge is 0.465 e. The third-order valence-corrected chi connectivity index (χ3v) is 2.97. The number of pyridine rings is 1. The van der Waals surface area contributed by atoms with Gasteiger partial charge in [0.2, 0.25) is 5.91 Å². The first-order chi connectivity index (χ1) is 9.52. The lowest BCUT2D eigenvalue weighted by molar-refractivity contribution is -0.121. The van der Waals surface area contributed by atoms with E-state index in [-0.39, 0.29) is 11.6 Å². The number of anilines is 2. The first-order valence-electron chi connectivity index (χ1n) is 6.28. The van der Waals surface area contributed by atoms with Crippen LogP contribution in [0.25, 0.3) is 0 Å². The van der Waals surface area contributed by atoms with E-state index < -0.39 is 23.6 Å². The Hall–Kier alpha value is -2.02. The molecule has 1 aromatic rings. The molecule has 8 heteroatoms. The van der Waals surface area contributed by atoms with Crippen LogP contribution in [-0.2, 0) is 4.79 Å². The summed E-state index contributed by atoms with van der Waals surface area (Å²) in [5.74, 6) is -0.172. The van der Waals surface area contributed by atoms with E-state index in [1.54, 1.807) is 20.8 Å². The van der Waals surface area contributed by atoms with Gasteiger partial charge in [0.15, 0.2) is 0 Å². The minimum Gasteiger partial charge on any atom is -0.465 e. The first-order valence-corrected chi connectivity index (χ1v) is 6.66. The minimum absolute atomic E-state index is 0.163. The molecule has 0 spiro atoms. The Balaban J connectivity index is 2.94. The summed E-state index contributed by atoms with van der Waals surface area (Å²) >= 11 is 5.82. The van der Waals surface area contributed by atoms with Gasteiger partial charge in [-0.15, -0.1) is 0 Å². The van der Waals surface area contributed by atoms with Crippen molar-refractivity contribution in [1.29, 1.82) is 0 Å². The Morgan fingerprint density at radius 1 is 1.43 bits per heavy atom. The van der Waals surface area contributed by atoms with Crippen LogP contribution in [0, 0.1) is 0 Å². The summed E-state index contributed by atoms with van der Waals surface area (Å²) in [6, 6.07) is 1.98. The van der Waals surface area contributed by atoms with E-state index in [9.17, 15) is 14.7 Å². The van der Waals surface area contributed by atoms with E-state index in [0.717, 1.165) is 4.90 Å². The molecule has 1 aromatic heterocycles. The lowest BCUT2D eigenvalue weighted by Crippen LogP contribution is -2.54. The molecule has 0 saturated carbocycles. The lowest BCUT2D eigenvalue weighted by atomic mass is 10.0. The van der Waals surface area contributed by atoms with Crippen molar-refractivity contribution >= 4 is 35.2 Å². The molecular weight excluding hydrogens is 296 g/mol. The summed E-state index contributed by atoms with van der Waals surface area (Å²) in [6.45, 7) is 6.63. The number of nitrogens with zero attached hydrogens (tertiary/aromatic N) is 2. The third-order valence-electron chi connectivity index (χ3n) is 2.76. The molecule has 0 bridgehead atoms. The van der Waals surface area contributed by atoms with Gasteiger partial charge in [-0.2, -0.15) is 0 Å². The highest BCUT2D eigenvalue weighted by Crippen LogP contribution is 2.20. The van der Waals surface area contributed by atoms with E-state index in [4.69, 9.17) is 17.3 Å². The predicted octanol–water partition coefficient (Wildman–Crippen LogP) is 2.42. The number of carboxylic acid groups (broad SMARTS) is 1. The molecule has 0 aliphatic carbocycles. The molecule has 2 amide bonds. The van der Waals surface area contributed by atoms with Gasteiger partial charge in [0.1, 0.15) is 17.7 Å². The van der Waals surface area contributed by atoms with Crippen molar-refractivity contribution in [2.45, 2.75) is 39.3 Å². The van der Waals surface area contributed by atoms with Crippen molar-refractivity contribution in [3.05, 3.63) is 17.2 Å². The molecule has 0 aliphatic heterocycles. The monoisotopic (exact) mass is 314 g/mol. The van der Waals surface area contributed by atoms with Crippen LogP contribution in [0.5, 0.6) is 0 Å². The van der Waals surface area contributed by atoms with Gasteiger partial charge in [0, 0.05) is 10.6 Å². The van der Waals surface area contributed by atoms with Gasteiger partial charge in [-0.1, -0.05) is 11.6 Å². The highest BCUT2D eigenvalue weighted by molar-refractivity contribution is 6.31. The molecule has 1 unspecified atom stereocenters. The fraction of sp³-hybridized carbons (Fsp3) is 0.462. The SMILES string of the molecule is CC(C(=O)Nc1cc(Cl)cc(N)n1)N(C(=O)O)C(C)(C)C. The number of hydrogen-bond donors (Lipinski definition) is 3. The van der Waals surface area contributed by atoms with Crippen molar-refractivity contribution in [1.82, 2.24) is 9.88 Å². The fourth-order valence-corrected chi connectivity index (χ4v) is 2.18. The maximum absolute atomic E-state index is 12.2. The Morgan fingerprint density at radius 2 is 2.00 bits per heavy atom. The second-order valence-electron chi connectivity index (χ2n) is 5.58. The quantitative estimate of drug-likeness (QED) is 0.794. The highest BCUT2D eigenvalue weighted by Gasteiger charge is 2.34. The zero-order valence-corrected chi connectivity index (χ0v) is 13.1. The topological polar surface area (TPSA) is 109 Å². The van der Waals surface area contributed by atoms with Crippen LogP contribution >= 0.6 is 11.6 Å². The van der Waals surface area contributed by atoms with Crippen LogP contribution in [0.4, 0.5) is 16.4 Å². The highest BCUT2D eigenvalue weighted by atomic mass is 35.5. The predicted molar refractivity (Wildman–Crippen MR) is 81.4 cm³/mol. The molecule has 0 saturated heterocycles. The number of rotatable bonds is 3. The van der Waals surface area contributed by atoms with E-state index in [0.29, 0.717) is 5.02 Å². The van der Waals surface area contributed by atoms with Gasteiger partial charge in [0.05, 0.1) is 0 Å². The summed E-state index contributed by atoms with van der Waals surface area (Å²) in [5.41, 5.74) is 4.82. The minimum atomic E-state index is -1.18. The molecular formula is C13H19ClN4O3. The van der Waals surface area contributed by atoms with Crippen molar-refractivity contribution in [3.8, 4) is 0 Å². The van der Waals surface area contributed by atoms with Gasteiger partial charge in [-0.25, -0.2) is 9.78 Å². The summed E-state index contributed by atoms with van der Waals surface area (Å²) in [4.78, 5) is 28.5. The molecule has 0 aromatic carbocycles. The molecule has 116 valence electrons. The van der Waals surface area contributed by atoms with Gasteiger partial charge in [-0.05, 0) is 39.8 Å². The smallest absolute Gasteiger partial charge is 0.408 e. The van der Waals surface area contributed by atoms with Crippen LogP contribution in [0.2, 0.25) is 5.02 Å². The summed E-state index contributed by atoms with van der Waals surface area (Å²) < 4.78 is 0. The number of carbonyl (C=O) groups is 2. The Morgan fingerprint density at radius 3 is 2.43 bits per heavy atom. The Labute approximate surface area is 128 Å². The maximum atomic E-state index is 12.2. The number of nitrogen functional groups attached to an aromatic ring is 1. The molecule has 7 nitrogen and oxygen atoms in total. The van der Waals surface area contributed by atoms with E-state index in [1.807, 2.05) is 0 Å². The number of halogens is 1. The van der Waals surface area contributed by atoms with Gasteiger partial charge in [-0.3, -0.25) is 9.69 Å². The average Bonchev–Trinajstić information content (AvgIpc) is 2.24. The zero-order chi connectivity index (χ0) is 16.4. The van der Waals surface area contributed by atoms with Crippen molar-refractivity contribution < 1.29 is 14.7 Å². The van der Waals surface area contributed by atoms with Crippen LogP contribution in [0.1, 0.15) is 27.7 Å². The number of aromatic nitrogens is 1. The number of nitrogens with two attached hydrogens (primary N) is 1. The molecule has 1 atom stereocenters. The van der Waals surface area contributed by atoms with Gasteiger partial charge < -0.3 is 16.2 Å². The standard InChI is InChI=1S/C13H19ClN4O3/c1-7(18(12(20)21)13(2,3)4)11(19)17-10-6-8(14)5-9(15)16-10/h5-7H,1-4H3,(H,20,21)(H3,15,16,17,19). The van der Waals surface area contributed by atoms with E-state index in [2.05, 4.69) is 10.3 Å². The number of carbonyl (C=O) groups excluding carboxylic acids is 1. The van der Waals surface area contributed by atoms with Gasteiger partial charge >= 0.3 is 6.09 Å². The van der Waals surface area contributed by atoms with Crippen molar-refractivity contribution in [2.24, 2.45) is 0 Å². The third kappa shape index (κ3) is 4.49. The molecule has 4 N–H and O–H groups in total. The Kier molecular flexibility index (Phi) is 5.01. The maximum Gasteiger partial charge on any atom is 0.408 e. The number of amides is 2. The summed E-state index contributed by atoms with van der Waals surface area (Å²) in [7, 11) is 0. The van der Waals surface area contributed by atoms with Gasteiger partial charge in [0.25, 0.3) is 0 Å². The molecule has 21 heavy (non-hydrogen) atoms. The fourth-order valence-electron chi connectivity index (χ4n) is 1.96. The Bertz CT molecular complexity index is 537. The number of hydrogen-bond acceptors (Lipinski definition) is 4. The van der Waals surface area contributed by atoms with Crippen LogP contribution < -0.4 is 11.1 Å². The lowest BCUT2D eigenvalue weighted by Gasteiger charge is -2.37. The molecule has 0 radical (unpaired) electrons. The molecule has 0 aliphatic rings. The normalized spacial score (nSPS) is 12.6. The first kappa shape index (κ1) is 17.0. The second kappa shape index (κ2) is 6.17. The molecule has 1 heterocycles. The average molecular weight is 315 g/mol. The summed E-state index contributed by atoms with van der Waals surface area (Å²) in [5, 5.41) is 12.1. The number of nitrogens with one attached hydrogen (secondary N) is 1. The van der Waals surface area contributed by atoms with Crippen molar-refractivity contribution in [2.75, 3.05) is 11.1 Å². The molecule has 1 rings (SSSR count). The molecule has 0 fully saturated rings. The van der Waals surface area contributed by atoms with Crippen LogP contribution in [0.3, 0.4) is 0 Å². The van der Waals surface area contributed by atoms with Crippen LogP contribution in [-0.4, -0.2) is 38.6 Å².